The van der Waals surface area contributed by atoms with Gasteiger partial charge in [0.25, 0.3) is 0 Å². The smallest absolute Gasteiger partial charge is 0.317 e. The second kappa shape index (κ2) is 7.11. The summed E-state index contributed by atoms with van der Waals surface area (Å²) in [6, 6.07) is -0.0210. The fraction of sp³-hybridized carbons (Fsp3) is 0.812. The third-order valence-corrected chi connectivity index (χ3v) is 4.77. The highest BCUT2D eigenvalue weighted by atomic mass is 16.5. The molecule has 1 saturated carbocycles. The van der Waals surface area contributed by atoms with Crippen LogP contribution in [0.3, 0.4) is 0 Å². The number of carbonyl (C=O) groups excluding carboxylic acids is 1. The van der Waals surface area contributed by atoms with Gasteiger partial charge in [-0.15, -0.1) is 0 Å². The van der Waals surface area contributed by atoms with Gasteiger partial charge in [0, 0.05) is 32.5 Å². The van der Waals surface area contributed by atoms with Crippen molar-refractivity contribution in [3.63, 3.8) is 0 Å². The zero-order valence-corrected chi connectivity index (χ0v) is 14.2. The van der Waals surface area contributed by atoms with Crippen molar-refractivity contribution in [1.29, 1.82) is 0 Å². The van der Waals surface area contributed by atoms with Gasteiger partial charge in [0.05, 0.1) is 0 Å². The van der Waals surface area contributed by atoms with Gasteiger partial charge in [-0.1, -0.05) is 32.3 Å². The van der Waals surface area contributed by atoms with Crippen molar-refractivity contribution in [2.75, 3.05) is 20.1 Å². The molecule has 1 aromatic heterocycles. The topological polar surface area (TPSA) is 71.3 Å². The summed E-state index contributed by atoms with van der Waals surface area (Å²) in [6.07, 6.45) is 5.50. The Morgan fingerprint density at radius 3 is 2.68 bits per heavy atom. The number of carbonyl (C=O) groups is 1. The molecule has 124 valence electrons. The van der Waals surface area contributed by atoms with Crippen LogP contribution in [0, 0.1) is 5.41 Å². The van der Waals surface area contributed by atoms with Crippen molar-refractivity contribution in [3.8, 4) is 0 Å². The van der Waals surface area contributed by atoms with E-state index >= 15 is 0 Å². The number of likely N-dealkylation sites (N-methyl/N-ethyl adjacent to an activating group) is 1. The molecule has 0 aliphatic heterocycles. The molecule has 2 rings (SSSR count). The second-order valence-corrected chi connectivity index (χ2v) is 6.74. The van der Waals surface area contributed by atoms with Gasteiger partial charge in [-0.25, -0.2) is 4.79 Å². The van der Waals surface area contributed by atoms with Crippen LogP contribution in [0.25, 0.3) is 0 Å². The number of nitrogens with one attached hydrogen (secondary N) is 1. The fourth-order valence-electron chi connectivity index (χ4n) is 2.70. The van der Waals surface area contributed by atoms with Crippen LogP contribution >= 0.6 is 0 Å². The van der Waals surface area contributed by atoms with Crippen molar-refractivity contribution in [3.05, 3.63) is 11.7 Å². The lowest BCUT2D eigenvalue weighted by molar-refractivity contribution is 0.122. The molecule has 1 heterocycles. The van der Waals surface area contributed by atoms with Gasteiger partial charge in [0.15, 0.2) is 5.82 Å². The fourth-order valence-corrected chi connectivity index (χ4v) is 2.70. The molecule has 1 aromatic rings. The van der Waals surface area contributed by atoms with Crippen LogP contribution in [-0.4, -0.2) is 41.2 Å². The molecule has 6 nitrogen and oxygen atoms in total. The lowest BCUT2D eigenvalue weighted by Gasteiger charge is -2.41. The normalized spacial score (nSPS) is 16.4. The molecule has 0 spiro atoms. The molecular weight excluding hydrogens is 280 g/mol. The molecule has 22 heavy (non-hydrogen) atoms. The number of urea groups is 1. The number of amides is 2. The highest BCUT2D eigenvalue weighted by Gasteiger charge is 2.35. The zero-order valence-electron chi connectivity index (χ0n) is 14.2. The first-order valence-electron chi connectivity index (χ1n) is 8.27. The summed E-state index contributed by atoms with van der Waals surface area (Å²) in [7, 11) is 1.80. The van der Waals surface area contributed by atoms with Crippen molar-refractivity contribution in [1.82, 2.24) is 20.4 Å². The van der Waals surface area contributed by atoms with Gasteiger partial charge >= 0.3 is 6.03 Å². The number of hydrogen-bond acceptors (Lipinski definition) is 4. The number of rotatable bonds is 7. The summed E-state index contributed by atoms with van der Waals surface area (Å²) in [5, 5.41) is 7.00. The van der Waals surface area contributed by atoms with E-state index in [0.29, 0.717) is 30.1 Å². The molecule has 1 fully saturated rings. The van der Waals surface area contributed by atoms with Crippen LogP contribution < -0.4 is 5.32 Å². The summed E-state index contributed by atoms with van der Waals surface area (Å²) in [5.41, 5.74) is 0.344. The minimum absolute atomic E-state index is 0.0210. The molecule has 1 aliphatic carbocycles. The highest BCUT2D eigenvalue weighted by molar-refractivity contribution is 5.73. The third kappa shape index (κ3) is 3.99. The molecule has 0 unspecified atom stereocenters. The Balaban J connectivity index is 1.73. The molecule has 0 aromatic carbocycles. The first-order valence-corrected chi connectivity index (χ1v) is 8.27. The lowest BCUT2D eigenvalue weighted by atomic mass is 9.67. The van der Waals surface area contributed by atoms with Crippen LogP contribution in [0.1, 0.15) is 64.1 Å². The van der Waals surface area contributed by atoms with Gasteiger partial charge in [-0.3, -0.25) is 0 Å². The Labute approximate surface area is 132 Å². The van der Waals surface area contributed by atoms with Crippen LogP contribution in [0.2, 0.25) is 0 Å². The minimum atomic E-state index is -0.0210. The van der Waals surface area contributed by atoms with E-state index in [0.717, 1.165) is 13.0 Å². The van der Waals surface area contributed by atoms with E-state index in [1.807, 2.05) is 13.8 Å². The van der Waals surface area contributed by atoms with E-state index < -0.39 is 0 Å². The van der Waals surface area contributed by atoms with Crippen LogP contribution in [0.15, 0.2) is 4.52 Å². The summed E-state index contributed by atoms with van der Waals surface area (Å²) in [5.74, 6) is 1.54. The van der Waals surface area contributed by atoms with Crippen molar-refractivity contribution < 1.29 is 9.32 Å². The van der Waals surface area contributed by atoms with E-state index in [1.54, 1.807) is 11.9 Å². The Kier molecular flexibility index (Phi) is 5.42. The summed E-state index contributed by atoms with van der Waals surface area (Å²) in [4.78, 5) is 18.1. The molecule has 6 heteroatoms. The molecule has 0 bridgehead atoms. The molecule has 1 N–H and O–H groups in total. The maximum atomic E-state index is 12.1. The second-order valence-electron chi connectivity index (χ2n) is 6.74. The Morgan fingerprint density at radius 2 is 2.18 bits per heavy atom. The van der Waals surface area contributed by atoms with E-state index in [-0.39, 0.29) is 11.9 Å². The van der Waals surface area contributed by atoms with Crippen molar-refractivity contribution >= 4 is 6.03 Å². The standard InChI is InChI=1S/C16H28N4O2/c1-5-16(8-6-9-16)11-17-15(21)20(4)10-7-13-18-14(12(2)3)22-19-13/h12H,5-11H2,1-4H3,(H,17,21). The maximum absolute atomic E-state index is 12.1. The monoisotopic (exact) mass is 308 g/mol. The number of aromatic nitrogens is 2. The predicted molar refractivity (Wildman–Crippen MR) is 84.7 cm³/mol. The van der Waals surface area contributed by atoms with E-state index in [4.69, 9.17) is 4.52 Å². The first kappa shape index (κ1) is 16.8. The van der Waals surface area contributed by atoms with E-state index in [9.17, 15) is 4.79 Å². The molecule has 2 amide bonds. The molecule has 1 aliphatic rings. The van der Waals surface area contributed by atoms with Crippen LogP contribution in [0.5, 0.6) is 0 Å². The maximum Gasteiger partial charge on any atom is 0.317 e. The SMILES string of the molecule is CCC1(CNC(=O)N(C)CCc2noc(C(C)C)n2)CCC1. The summed E-state index contributed by atoms with van der Waals surface area (Å²) in [6.45, 7) is 7.60. The molecule has 0 atom stereocenters. The van der Waals surface area contributed by atoms with Gasteiger partial charge < -0.3 is 14.7 Å². The lowest BCUT2D eigenvalue weighted by Crippen LogP contribution is -2.46. The van der Waals surface area contributed by atoms with Crippen LogP contribution in [-0.2, 0) is 6.42 Å². The van der Waals surface area contributed by atoms with Gasteiger partial charge in [-0.2, -0.15) is 4.98 Å². The van der Waals surface area contributed by atoms with E-state index in [1.165, 1.54) is 19.3 Å². The molecule has 0 radical (unpaired) electrons. The predicted octanol–water partition coefficient (Wildman–Crippen LogP) is 2.96. The number of hydrogen-bond donors (Lipinski definition) is 1. The van der Waals surface area contributed by atoms with Gasteiger partial charge in [0.2, 0.25) is 5.89 Å². The quantitative estimate of drug-likeness (QED) is 0.840. The van der Waals surface area contributed by atoms with Crippen molar-refractivity contribution in [2.24, 2.45) is 5.41 Å². The van der Waals surface area contributed by atoms with Gasteiger partial charge in [0.1, 0.15) is 0 Å². The van der Waals surface area contributed by atoms with Crippen LogP contribution in [0.4, 0.5) is 4.79 Å². The molecule has 0 saturated heterocycles. The summed E-state index contributed by atoms with van der Waals surface area (Å²) < 4.78 is 5.17. The Bertz CT molecular complexity index is 489. The van der Waals surface area contributed by atoms with E-state index in [2.05, 4.69) is 22.4 Å². The Morgan fingerprint density at radius 1 is 1.45 bits per heavy atom. The first-order chi connectivity index (χ1) is 10.5. The van der Waals surface area contributed by atoms with Crippen molar-refractivity contribution in [2.45, 2.75) is 58.8 Å². The highest BCUT2D eigenvalue weighted by Crippen LogP contribution is 2.43. The van der Waals surface area contributed by atoms with Gasteiger partial charge in [-0.05, 0) is 24.7 Å². The number of nitrogens with zero attached hydrogens (tertiary/aromatic N) is 3. The minimum Gasteiger partial charge on any atom is -0.339 e. The summed E-state index contributed by atoms with van der Waals surface area (Å²) >= 11 is 0. The largest absolute Gasteiger partial charge is 0.339 e. The molecular formula is C16H28N4O2. The average Bonchev–Trinajstić information content (AvgIpc) is 2.93. The zero-order chi connectivity index (χ0) is 16.2. The Hall–Kier alpha value is -1.59. The third-order valence-electron chi connectivity index (χ3n) is 4.77. The average molecular weight is 308 g/mol.